The molecule has 166 valence electrons. The summed E-state index contributed by atoms with van der Waals surface area (Å²) in [5.41, 5.74) is -2.40. The molecule has 1 saturated carbocycles. The van der Waals surface area contributed by atoms with Gasteiger partial charge in [0.1, 0.15) is 5.69 Å². The van der Waals surface area contributed by atoms with Crippen molar-refractivity contribution in [3.8, 4) is 0 Å². The lowest BCUT2D eigenvalue weighted by atomic mass is 9.71. The first-order valence-corrected chi connectivity index (χ1v) is 10.1. The molecule has 0 spiro atoms. The highest BCUT2D eigenvalue weighted by Crippen LogP contribution is 2.46. The van der Waals surface area contributed by atoms with Gasteiger partial charge in [-0.05, 0) is 55.4 Å². The van der Waals surface area contributed by atoms with E-state index in [4.69, 9.17) is 11.6 Å². The first-order valence-electron chi connectivity index (χ1n) is 9.13. The Morgan fingerprint density at radius 3 is 2.20 bits per heavy atom. The van der Waals surface area contributed by atoms with E-state index in [1.807, 2.05) is 0 Å². The second-order valence-electron chi connectivity index (χ2n) is 7.36. The van der Waals surface area contributed by atoms with E-state index in [0.717, 1.165) is 18.9 Å². The molecule has 1 fully saturated rings. The number of pyridine rings is 1. The molecule has 30 heavy (non-hydrogen) atoms. The second kappa shape index (κ2) is 10.2. The lowest BCUT2D eigenvalue weighted by Crippen LogP contribution is -2.21. The maximum Gasteiger partial charge on any atom is 0.287 e. The fourth-order valence-electron chi connectivity index (χ4n) is 3.20. The number of carbonyl (C=O) groups is 1. The quantitative estimate of drug-likeness (QED) is 0.263. The zero-order valence-corrected chi connectivity index (χ0v) is 18.3. The third-order valence-corrected chi connectivity index (χ3v) is 5.67. The summed E-state index contributed by atoms with van der Waals surface area (Å²) >= 11 is 6.07. The number of rotatable bonds is 4. The van der Waals surface area contributed by atoms with Gasteiger partial charge in [0, 0.05) is 29.3 Å². The fourth-order valence-corrected chi connectivity index (χ4v) is 3.70. The van der Waals surface area contributed by atoms with E-state index >= 15 is 0 Å². The summed E-state index contributed by atoms with van der Waals surface area (Å²) in [6, 6.07) is 7.41. The number of hydrogen-bond acceptors (Lipinski definition) is 2. The number of carbonyl (C=O) groups excluding carboxylic acids is 1. The molecule has 0 radical (unpaired) electrons. The molecule has 1 heterocycles. The highest BCUT2D eigenvalue weighted by atomic mass is 35.5. The topological polar surface area (TPSA) is 30.0 Å². The number of nitrogens with zero attached hydrogens (tertiary/aromatic N) is 1. The molecule has 0 saturated heterocycles. The molecule has 1 aliphatic rings. The van der Waals surface area contributed by atoms with Crippen LogP contribution in [0.15, 0.2) is 36.5 Å². The van der Waals surface area contributed by atoms with Gasteiger partial charge in [-0.2, -0.15) is 17.6 Å². The normalized spacial score (nSPS) is 18.4. The number of hydrogen-bond donors (Lipinski definition) is 0. The van der Waals surface area contributed by atoms with Crippen LogP contribution in [0.5, 0.6) is 0 Å². The zero-order valence-electron chi connectivity index (χ0n) is 16.4. The molecule has 0 aliphatic heterocycles. The van der Waals surface area contributed by atoms with Gasteiger partial charge in [-0.3, -0.25) is 9.78 Å². The standard InChI is InChI=1S/C12H14ClF2P.C9H9F2NO.CH4/c1-7-2-4-9(7)10-5-3-8(6-11(10)13)12(14,15)16;1-6(13)7-4-3-5-12-8(7)9(2,10)11;/h3,5-7,9H,2,4,16H2,1H3;3-5H,1-2H3;1H4/t7-,9+;;/m1../s1. The van der Waals surface area contributed by atoms with Crippen LogP contribution in [0.25, 0.3) is 0 Å². The SMILES string of the molecule is C.CC(=O)c1cccnc1C(C)(F)F.C[C@@H]1CC[C@@H]1c1ccc(C(F)(F)P)cc1Cl. The van der Waals surface area contributed by atoms with Crippen molar-refractivity contribution in [3.05, 3.63) is 63.9 Å². The average molecular weight is 464 g/mol. The molecule has 2 nitrogen and oxygen atoms in total. The third kappa shape index (κ3) is 6.49. The van der Waals surface area contributed by atoms with E-state index in [9.17, 15) is 22.4 Å². The summed E-state index contributed by atoms with van der Waals surface area (Å²) in [4.78, 5) is 14.4. The molecule has 1 aromatic heterocycles. The van der Waals surface area contributed by atoms with E-state index in [1.54, 1.807) is 6.07 Å². The Hall–Kier alpha value is -1.52. The summed E-state index contributed by atoms with van der Waals surface area (Å²) in [5, 5.41) is 0.469. The number of halogens is 5. The summed E-state index contributed by atoms with van der Waals surface area (Å²) in [6.45, 7) is 4.14. The van der Waals surface area contributed by atoms with E-state index < -0.39 is 23.1 Å². The number of alkyl halides is 4. The Bertz CT molecular complexity index is 880. The minimum absolute atomic E-state index is 0. The molecule has 3 rings (SSSR count). The lowest BCUT2D eigenvalue weighted by Gasteiger charge is -2.35. The van der Waals surface area contributed by atoms with Gasteiger partial charge in [-0.25, -0.2) is 0 Å². The minimum atomic E-state index is -3.07. The van der Waals surface area contributed by atoms with E-state index in [0.29, 0.717) is 16.9 Å². The molecule has 0 amide bonds. The van der Waals surface area contributed by atoms with Gasteiger partial charge >= 0.3 is 0 Å². The van der Waals surface area contributed by atoms with Gasteiger partial charge in [-0.1, -0.05) is 47.3 Å². The van der Waals surface area contributed by atoms with Crippen LogP contribution < -0.4 is 0 Å². The van der Waals surface area contributed by atoms with Crippen molar-refractivity contribution in [2.45, 2.75) is 58.5 Å². The molecular weight excluding hydrogens is 437 g/mol. The van der Waals surface area contributed by atoms with Crippen molar-refractivity contribution in [3.63, 3.8) is 0 Å². The Morgan fingerprint density at radius 2 is 1.83 bits per heavy atom. The molecule has 3 atom stereocenters. The zero-order chi connectivity index (χ0) is 22.0. The fraction of sp³-hybridized carbons (Fsp3) is 0.455. The lowest BCUT2D eigenvalue weighted by molar-refractivity contribution is 0.0118. The number of ketones is 1. The third-order valence-electron chi connectivity index (χ3n) is 5.01. The monoisotopic (exact) mass is 463 g/mol. The first kappa shape index (κ1) is 26.5. The van der Waals surface area contributed by atoms with Gasteiger partial charge in [0.2, 0.25) is 0 Å². The van der Waals surface area contributed by atoms with Crippen molar-refractivity contribution in [1.82, 2.24) is 4.98 Å². The second-order valence-corrected chi connectivity index (χ2v) is 8.50. The number of Topliss-reactive ketones (excluding diaryl/α,β-unsaturated/α-hetero) is 1. The average Bonchev–Trinajstić information content (AvgIpc) is 2.61. The van der Waals surface area contributed by atoms with Crippen LogP contribution in [-0.4, -0.2) is 10.8 Å². The maximum absolute atomic E-state index is 13.0. The smallest absolute Gasteiger partial charge is 0.287 e. The molecule has 1 aliphatic carbocycles. The largest absolute Gasteiger partial charge is 0.294 e. The Morgan fingerprint density at radius 1 is 1.20 bits per heavy atom. The van der Waals surface area contributed by atoms with Gasteiger partial charge in [0.15, 0.2) is 5.78 Å². The van der Waals surface area contributed by atoms with Crippen LogP contribution in [0, 0.1) is 5.92 Å². The van der Waals surface area contributed by atoms with Crippen molar-refractivity contribution in [2.75, 3.05) is 0 Å². The van der Waals surface area contributed by atoms with E-state index in [-0.39, 0.29) is 18.6 Å². The Labute approximate surface area is 182 Å². The predicted molar refractivity (Wildman–Crippen MR) is 117 cm³/mol. The van der Waals surface area contributed by atoms with Crippen LogP contribution in [-0.2, 0) is 11.6 Å². The van der Waals surface area contributed by atoms with Crippen molar-refractivity contribution in [2.24, 2.45) is 5.92 Å². The number of benzene rings is 1. The predicted octanol–water partition coefficient (Wildman–Crippen LogP) is 7.81. The highest BCUT2D eigenvalue weighted by Gasteiger charge is 2.32. The first-order chi connectivity index (χ1) is 13.3. The Balaban J connectivity index is 0.000000297. The van der Waals surface area contributed by atoms with E-state index in [1.165, 1.54) is 53.0 Å². The van der Waals surface area contributed by atoms with Gasteiger partial charge in [0.05, 0.1) is 0 Å². The maximum atomic E-state index is 13.0. The molecule has 1 unspecified atom stereocenters. The summed E-state index contributed by atoms with van der Waals surface area (Å²) < 4.78 is 51.8. The molecular formula is C22H27ClF4NOP. The Kier molecular flexibility index (Phi) is 9.01. The summed E-state index contributed by atoms with van der Waals surface area (Å²) in [5.74, 6) is -2.41. The van der Waals surface area contributed by atoms with Gasteiger partial charge in [0.25, 0.3) is 11.6 Å². The van der Waals surface area contributed by atoms with Crippen molar-refractivity contribution in [1.29, 1.82) is 0 Å². The molecule has 0 bridgehead atoms. The summed E-state index contributed by atoms with van der Waals surface area (Å²) in [6.07, 6.45) is 3.55. The van der Waals surface area contributed by atoms with Crippen molar-refractivity contribution >= 4 is 26.6 Å². The van der Waals surface area contributed by atoms with Crippen LogP contribution in [0.2, 0.25) is 5.02 Å². The van der Waals surface area contributed by atoms with Crippen LogP contribution >= 0.6 is 20.8 Å². The van der Waals surface area contributed by atoms with Gasteiger partial charge in [-0.15, -0.1) is 0 Å². The highest BCUT2D eigenvalue weighted by molar-refractivity contribution is 7.17. The van der Waals surface area contributed by atoms with Crippen molar-refractivity contribution < 1.29 is 22.4 Å². The van der Waals surface area contributed by atoms with Crippen LogP contribution in [0.1, 0.15) is 74.1 Å². The molecule has 0 N–H and O–H groups in total. The number of aromatic nitrogens is 1. The summed E-state index contributed by atoms with van der Waals surface area (Å²) in [7, 11) is 1.53. The van der Waals surface area contributed by atoms with Gasteiger partial charge < -0.3 is 0 Å². The van der Waals surface area contributed by atoms with E-state index in [2.05, 4.69) is 11.9 Å². The van der Waals surface area contributed by atoms with Crippen LogP contribution in [0.3, 0.4) is 0 Å². The minimum Gasteiger partial charge on any atom is -0.294 e. The molecule has 2 aromatic rings. The molecule has 8 heteroatoms. The molecule has 1 aromatic carbocycles. The van der Waals surface area contributed by atoms with Crippen LogP contribution in [0.4, 0.5) is 17.6 Å².